The molecule has 0 fully saturated rings. The van der Waals surface area contributed by atoms with Crippen LogP contribution in [0.15, 0.2) is 65.6 Å². The van der Waals surface area contributed by atoms with Crippen molar-refractivity contribution in [3.05, 3.63) is 77.6 Å². The van der Waals surface area contributed by atoms with E-state index in [1.807, 2.05) is 31.2 Å². The first-order chi connectivity index (χ1) is 12.4. The Hall–Kier alpha value is -2.93. The van der Waals surface area contributed by atoms with Crippen molar-refractivity contribution in [2.75, 3.05) is 7.11 Å². The first-order valence-corrected chi connectivity index (χ1v) is 9.58. The molecule has 2 aromatic carbocycles. The number of benzene rings is 2. The van der Waals surface area contributed by atoms with Gasteiger partial charge in [0.25, 0.3) is 0 Å². The summed E-state index contributed by atoms with van der Waals surface area (Å²) in [6.07, 6.45) is 0. The van der Waals surface area contributed by atoms with Crippen molar-refractivity contribution in [1.82, 2.24) is 9.78 Å². The lowest BCUT2D eigenvalue weighted by atomic mass is 10.2. The molecule has 134 valence electrons. The molecule has 0 aliphatic rings. The molecule has 1 aromatic heterocycles. The van der Waals surface area contributed by atoms with E-state index in [2.05, 4.69) is 5.10 Å². The molecule has 3 aromatic rings. The third-order valence-electron chi connectivity index (χ3n) is 3.96. The Morgan fingerprint density at radius 3 is 2.38 bits per heavy atom. The van der Waals surface area contributed by atoms with Gasteiger partial charge in [-0.1, -0.05) is 36.4 Å². The number of rotatable bonds is 5. The molecular formula is C19H18N2O4S. The Labute approximate surface area is 152 Å². The van der Waals surface area contributed by atoms with Crippen LogP contribution in [0.4, 0.5) is 0 Å². The first-order valence-electron chi connectivity index (χ1n) is 7.93. The fraction of sp³-hybridized carbons (Fsp3) is 0.158. The summed E-state index contributed by atoms with van der Waals surface area (Å²) in [5.41, 5.74) is 2.07. The normalized spacial score (nSPS) is 11.3. The topological polar surface area (TPSA) is 78.3 Å². The van der Waals surface area contributed by atoms with Gasteiger partial charge in [-0.15, -0.1) is 0 Å². The van der Waals surface area contributed by atoms with Gasteiger partial charge in [-0.25, -0.2) is 17.9 Å². The number of carbonyl (C=O) groups excluding carboxylic acids is 1. The maximum Gasteiger partial charge on any atom is 0.358 e. The quantitative estimate of drug-likeness (QED) is 0.645. The van der Waals surface area contributed by atoms with Gasteiger partial charge in [0.1, 0.15) is 0 Å². The number of sulfone groups is 1. The van der Waals surface area contributed by atoms with Gasteiger partial charge in [0.2, 0.25) is 0 Å². The highest BCUT2D eigenvalue weighted by atomic mass is 32.2. The summed E-state index contributed by atoms with van der Waals surface area (Å²) < 4.78 is 31.7. The SMILES string of the molecule is COC(=O)c1cc(CS(=O)(=O)c2ccccc2)n(-c2ccccc2C)n1. The predicted molar refractivity (Wildman–Crippen MR) is 97.0 cm³/mol. The van der Waals surface area contributed by atoms with Gasteiger partial charge < -0.3 is 4.74 Å². The zero-order valence-electron chi connectivity index (χ0n) is 14.4. The Bertz CT molecular complexity index is 1040. The van der Waals surface area contributed by atoms with Crippen LogP contribution in [-0.4, -0.2) is 31.3 Å². The van der Waals surface area contributed by atoms with E-state index in [-0.39, 0.29) is 16.3 Å². The van der Waals surface area contributed by atoms with Crippen LogP contribution in [0.2, 0.25) is 0 Å². The molecule has 0 amide bonds. The minimum Gasteiger partial charge on any atom is -0.464 e. The summed E-state index contributed by atoms with van der Waals surface area (Å²) in [6, 6.07) is 17.1. The van der Waals surface area contributed by atoms with Crippen LogP contribution in [-0.2, 0) is 20.3 Å². The smallest absolute Gasteiger partial charge is 0.358 e. The van der Waals surface area contributed by atoms with E-state index in [1.165, 1.54) is 17.9 Å². The molecule has 0 bridgehead atoms. The summed E-state index contributed by atoms with van der Waals surface area (Å²) in [5.74, 6) is -0.897. The number of para-hydroxylation sites is 1. The first kappa shape index (κ1) is 17.9. The van der Waals surface area contributed by atoms with E-state index in [4.69, 9.17) is 4.74 Å². The number of nitrogens with zero attached hydrogens (tertiary/aromatic N) is 2. The number of hydrogen-bond donors (Lipinski definition) is 0. The molecule has 6 nitrogen and oxygen atoms in total. The number of carbonyl (C=O) groups is 1. The van der Waals surface area contributed by atoms with E-state index in [0.29, 0.717) is 11.4 Å². The van der Waals surface area contributed by atoms with Gasteiger partial charge in [-0.2, -0.15) is 5.10 Å². The van der Waals surface area contributed by atoms with Gasteiger partial charge in [-0.3, -0.25) is 0 Å². The molecular weight excluding hydrogens is 352 g/mol. The number of aromatic nitrogens is 2. The molecule has 26 heavy (non-hydrogen) atoms. The highest BCUT2D eigenvalue weighted by Crippen LogP contribution is 2.22. The monoisotopic (exact) mass is 370 g/mol. The lowest BCUT2D eigenvalue weighted by Gasteiger charge is -2.10. The number of ether oxygens (including phenoxy) is 1. The van der Waals surface area contributed by atoms with E-state index >= 15 is 0 Å². The zero-order valence-corrected chi connectivity index (χ0v) is 15.2. The van der Waals surface area contributed by atoms with Crippen LogP contribution >= 0.6 is 0 Å². The Morgan fingerprint density at radius 2 is 1.73 bits per heavy atom. The van der Waals surface area contributed by atoms with Crippen LogP contribution in [0.1, 0.15) is 21.7 Å². The summed E-state index contributed by atoms with van der Waals surface area (Å²) >= 11 is 0. The zero-order chi connectivity index (χ0) is 18.7. The molecule has 0 aliphatic carbocycles. The molecule has 1 heterocycles. The molecule has 0 saturated carbocycles. The van der Waals surface area contributed by atoms with Crippen molar-refractivity contribution in [3.63, 3.8) is 0 Å². The van der Waals surface area contributed by atoms with Crippen molar-refractivity contribution in [1.29, 1.82) is 0 Å². The number of hydrogen-bond acceptors (Lipinski definition) is 5. The van der Waals surface area contributed by atoms with Gasteiger partial charge in [0.15, 0.2) is 15.5 Å². The standard InChI is InChI=1S/C19H18N2O4S/c1-14-8-6-7-11-18(14)21-15(12-17(20-21)19(22)25-2)13-26(23,24)16-9-4-3-5-10-16/h3-12H,13H2,1-2H3. The van der Waals surface area contributed by atoms with Gasteiger partial charge in [-0.05, 0) is 36.8 Å². The summed E-state index contributed by atoms with van der Waals surface area (Å²) in [4.78, 5) is 12.1. The third kappa shape index (κ3) is 3.52. The van der Waals surface area contributed by atoms with E-state index in [1.54, 1.807) is 30.3 Å². The second kappa shape index (κ2) is 7.13. The van der Waals surface area contributed by atoms with E-state index in [0.717, 1.165) is 5.56 Å². The molecule has 0 aliphatic heterocycles. The van der Waals surface area contributed by atoms with Crippen molar-refractivity contribution in [2.45, 2.75) is 17.6 Å². The van der Waals surface area contributed by atoms with E-state index in [9.17, 15) is 13.2 Å². The van der Waals surface area contributed by atoms with Crippen LogP contribution in [0, 0.1) is 6.92 Å². The Morgan fingerprint density at radius 1 is 1.08 bits per heavy atom. The number of esters is 1. The Balaban J connectivity index is 2.10. The Kier molecular flexibility index (Phi) is 4.90. The second-order valence-corrected chi connectivity index (χ2v) is 7.77. The lowest BCUT2D eigenvalue weighted by molar-refractivity contribution is 0.0593. The van der Waals surface area contributed by atoms with Crippen LogP contribution in [0.5, 0.6) is 0 Å². The minimum atomic E-state index is -3.59. The van der Waals surface area contributed by atoms with Gasteiger partial charge in [0, 0.05) is 0 Å². The fourth-order valence-corrected chi connectivity index (χ4v) is 3.98. The molecule has 0 spiro atoms. The number of methoxy groups -OCH3 is 1. The maximum absolute atomic E-state index is 12.8. The van der Waals surface area contributed by atoms with Crippen LogP contribution < -0.4 is 0 Å². The van der Waals surface area contributed by atoms with Gasteiger partial charge in [0.05, 0.1) is 29.1 Å². The third-order valence-corrected chi connectivity index (χ3v) is 5.63. The minimum absolute atomic E-state index is 0.0639. The maximum atomic E-state index is 12.8. The molecule has 0 atom stereocenters. The molecule has 0 N–H and O–H groups in total. The van der Waals surface area contributed by atoms with Crippen molar-refractivity contribution >= 4 is 15.8 Å². The molecule has 3 rings (SSSR count). The van der Waals surface area contributed by atoms with Crippen LogP contribution in [0.3, 0.4) is 0 Å². The molecule has 0 saturated heterocycles. The largest absolute Gasteiger partial charge is 0.464 e. The summed E-state index contributed by atoms with van der Waals surface area (Å²) in [6.45, 7) is 1.89. The van der Waals surface area contributed by atoms with Crippen molar-refractivity contribution in [2.24, 2.45) is 0 Å². The second-order valence-electron chi connectivity index (χ2n) is 5.78. The molecule has 0 radical (unpaired) electrons. The van der Waals surface area contributed by atoms with Crippen molar-refractivity contribution < 1.29 is 17.9 Å². The van der Waals surface area contributed by atoms with Gasteiger partial charge >= 0.3 is 5.97 Å². The average molecular weight is 370 g/mol. The predicted octanol–water partition coefficient (Wildman–Crippen LogP) is 2.94. The highest BCUT2D eigenvalue weighted by molar-refractivity contribution is 7.90. The van der Waals surface area contributed by atoms with E-state index < -0.39 is 15.8 Å². The highest BCUT2D eigenvalue weighted by Gasteiger charge is 2.22. The average Bonchev–Trinajstić information content (AvgIpc) is 3.05. The summed E-state index contributed by atoms with van der Waals surface area (Å²) in [7, 11) is -2.33. The fourth-order valence-electron chi connectivity index (χ4n) is 2.64. The lowest BCUT2D eigenvalue weighted by Crippen LogP contribution is -2.11. The molecule has 7 heteroatoms. The summed E-state index contributed by atoms with van der Waals surface area (Å²) in [5, 5.41) is 4.27. The van der Waals surface area contributed by atoms with Crippen LogP contribution in [0.25, 0.3) is 5.69 Å². The van der Waals surface area contributed by atoms with Crippen molar-refractivity contribution in [3.8, 4) is 5.69 Å². The molecule has 0 unspecified atom stereocenters. The number of aryl methyl sites for hydroxylation is 1.